The van der Waals surface area contributed by atoms with Crippen molar-refractivity contribution in [3.63, 3.8) is 0 Å². The lowest BCUT2D eigenvalue weighted by atomic mass is 9.90. The molecule has 3 unspecified atom stereocenters. The van der Waals surface area contributed by atoms with Gasteiger partial charge in [-0.15, -0.1) is 0 Å². The van der Waals surface area contributed by atoms with Crippen LogP contribution in [0.2, 0.25) is 0 Å². The molecule has 4 heteroatoms. The van der Waals surface area contributed by atoms with E-state index in [4.69, 9.17) is 5.84 Å². The van der Waals surface area contributed by atoms with Crippen LogP contribution in [0, 0.1) is 23.6 Å². The molecule has 18 heavy (non-hydrogen) atoms. The van der Waals surface area contributed by atoms with Crippen molar-refractivity contribution in [2.75, 3.05) is 0 Å². The van der Waals surface area contributed by atoms with Crippen LogP contribution in [0.1, 0.15) is 24.8 Å². The van der Waals surface area contributed by atoms with Crippen molar-refractivity contribution in [2.24, 2.45) is 23.6 Å². The molecule has 0 bridgehead atoms. The van der Waals surface area contributed by atoms with Gasteiger partial charge in [0.2, 0.25) is 0 Å². The smallest absolute Gasteiger partial charge is 0.137 e. The van der Waals surface area contributed by atoms with Crippen LogP contribution in [0.25, 0.3) is 0 Å². The Morgan fingerprint density at radius 3 is 2.67 bits per heavy atom. The van der Waals surface area contributed by atoms with Gasteiger partial charge < -0.3 is 0 Å². The molecule has 0 amide bonds. The zero-order valence-corrected chi connectivity index (χ0v) is 11.8. The SMILES string of the molecule is NNC(Cc1ccc(F)c(Br)c1)C1CC2CC2C1. The van der Waals surface area contributed by atoms with E-state index in [9.17, 15) is 4.39 Å². The molecule has 3 atom stereocenters. The Hall–Kier alpha value is -0.450. The van der Waals surface area contributed by atoms with Crippen LogP contribution in [-0.4, -0.2) is 6.04 Å². The molecule has 1 aromatic rings. The molecule has 0 heterocycles. The van der Waals surface area contributed by atoms with Gasteiger partial charge in [0.1, 0.15) is 5.82 Å². The summed E-state index contributed by atoms with van der Waals surface area (Å²) in [7, 11) is 0. The van der Waals surface area contributed by atoms with E-state index >= 15 is 0 Å². The standard InChI is InChI=1S/C14H18BrFN2/c15-12-3-8(1-2-13(12)16)4-14(18-17)11-6-9-5-10(9)7-11/h1-3,9-11,14,18H,4-7,17H2. The molecule has 98 valence electrons. The maximum Gasteiger partial charge on any atom is 0.137 e. The molecule has 2 nitrogen and oxygen atoms in total. The van der Waals surface area contributed by atoms with E-state index in [2.05, 4.69) is 21.4 Å². The molecule has 3 rings (SSSR count). The van der Waals surface area contributed by atoms with Gasteiger partial charge in [-0.3, -0.25) is 11.3 Å². The topological polar surface area (TPSA) is 38.0 Å². The Morgan fingerprint density at radius 2 is 2.06 bits per heavy atom. The van der Waals surface area contributed by atoms with Gasteiger partial charge in [-0.1, -0.05) is 6.07 Å². The largest absolute Gasteiger partial charge is 0.271 e. The third-order valence-electron chi connectivity index (χ3n) is 4.50. The second-order valence-electron chi connectivity index (χ2n) is 5.71. The third-order valence-corrected chi connectivity index (χ3v) is 5.11. The first kappa shape index (κ1) is 12.6. The summed E-state index contributed by atoms with van der Waals surface area (Å²) >= 11 is 3.23. The molecule has 2 saturated carbocycles. The quantitative estimate of drug-likeness (QED) is 0.662. The molecular formula is C14H18BrFN2. The predicted molar refractivity (Wildman–Crippen MR) is 73.2 cm³/mol. The summed E-state index contributed by atoms with van der Waals surface area (Å²) in [6, 6.07) is 5.53. The number of fused-ring (bicyclic) bond motifs is 1. The van der Waals surface area contributed by atoms with Crippen LogP contribution in [0.4, 0.5) is 4.39 Å². The van der Waals surface area contributed by atoms with Crippen LogP contribution in [-0.2, 0) is 6.42 Å². The molecule has 2 fully saturated rings. The highest BCUT2D eigenvalue weighted by Gasteiger charge is 2.47. The second kappa shape index (κ2) is 4.91. The Bertz CT molecular complexity index is 441. The summed E-state index contributed by atoms with van der Waals surface area (Å²) in [6.45, 7) is 0. The highest BCUT2D eigenvalue weighted by atomic mass is 79.9. The van der Waals surface area contributed by atoms with Crippen LogP contribution in [0.5, 0.6) is 0 Å². The van der Waals surface area contributed by atoms with Crippen molar-refractivity contribution < 1.29 is 4.39 Å². The first-order valence-corrected chi connectivity index (χ1v) is 7.36. The Balaban J connectivity index is 1.67. The maximum atomic E-state index is 13.2. The minimum Gasteiger partial charge on any atom is -0.271 e. The van der Waals surface area contributed by atoms with E-state index in [-0.39, 0.29) is 5.82 Å². The lowest BCUT2D eigenvalue weighted by Crippen LogP contribution is -2.42. The van der Waals surface area contributed by atoms with Crippen LogP contribution in [0.15, 0.2) is 22.7 Å². The van der Waals surface area contributed by atoms with Crippen molar-refractivity contribution in [1.29, 1.82) is 0 Å². The average Bonchev–Trinajstić information content (AvgIpc) is 2.97. The van der Waals surface area contributed by atoms with Gasteiger partial charge in [0.05, 0.1) is 4.47 Å². The van der Waals surface area contributed by atoms with E-state index in [0.717, 1.165) is 23.8 Å². The molecule has 0 spiro atoms. The molecule has 0 aromatic heterocycles. The molecule has 2 aliphatic rings. The average molecular weight is 313 g/mol. The minimum absolute atomic E-state index is 0.210. The third kappa shape index (κ3) is 2.46. The highest BCUT2D eigenvalue weighted by Crippen LogP contribution is 2.55. The van der Waals surface area contributed by atoms with Gasteiger partial charge in [-0.05, 0) is 77.1 Å². The molecule has 0 aliphatic heterocycles. The van der Waals surface area contributed by atoms with Gasteiger partial charge in [0, 0.05) is 6.04 Å². The summed E-state index contributed by atoms with van der Waals surface area (Å²) in [4.78, 5) is 0. The number of nitrogens with two attached hydrogens (primary N) is 1. The van der Waals surface area contributed by atoms with Gasteiger partial charge in [0.25, 0.3) is 0 Å². The molecule has 0 saturated heterocycles. The summed E-state index contributed by atoms with van der Waals surface area (Å²) in [5, 5.41) is 0. The van der Waals surface area contributed by atoms with Crippen LogP contribution in [0.3, 0.4) is 0 Å². The predicted octanol–water partition coefficient (Wildman–Crippen LogP) is 3.01. The number of nitrogens with one attached hydrogen (secondary N) is 1. The number of benzene rings is 1. The van der Waals surface area contributed by atoms with E-state index < -0.39 is 0 Å². The molecule has 0 radical (unpaired) electrons. The van der Waals surface area contributed by atoms with Crippen LogP contribution < -0.4 is 11.3 Å². The first-order chi connectivity index (χ1) is 8.67. The summed E-state index contributed by atoms with van der Waals surface area (Å²) in [5.41, 5.74) is 4.09. The normalized spacial score (nSPS) is 31.2. The Labute approximate surface area is 115 Å². The van der Waals surface area contributed by atoms with E-state index in [1.165, 1.54) is 25.3 Å². The lowest BCUT2D eigenvalue weighted by molar-refractivity contribution is 0.336. The van der Waals surface area contributed by atoms with Crippen molar-refractivity contribution in [3.05, 3.63) is 34.1 Å². The lowest BCUT2D eigenvalue weighted by Gasteiger charge is -2.24. The monoisotopic (exact) mass is 312 g/mol. The highest BCUT2D eigenvalue weighted by molar-refractivity contribution is 9.10. The minimum atomic E-state index is -0.210. The fraction of sp³-hybridized carbons (Fsp3) is 0.571. The number of halogens is 2. The first-order valence-electron chi connectivity index (χ1n) is 6.57. The van der Waals surface area contributed by atoms with E-state index in [0.29, 0.717) is 16.4 Å². The molecular weight excluding hydrogens is 295 g/mol. The summed E-state index contributed by atoms with van der Waals surface area (Å²) in [5.74, 6) is 8.09. The van der Waals surface area contributed by atoms with Crippen molar-refractivity contribution in [1.82, 2.24) is 5.43 Å². The number of rotatable bonds is 4. The van der Waals surface area contributed by atoms with Crippen molar-refractivity contribution in [2.45, 2.75) is 31.7 Å². The van der Waals surface area contributed by atoms with Crippen molar-refractivity contribution in [3.8, 4) is 0 Å². The summed E-state index contributed by atoms with van der Waals surface area (Å²) in [6.07, 6.45) is 4.92. The fourth-order valence-electron chi connectivity index (χ4n) is 3.37. The zero-order chi connectivity index (χ0) is 12.7. The van der Waals surface area contributed by atoms with Crippen molar-refractivity contribution >= 4 is 15.9 Å². The molecule has 2 aliphatic carbocycles. The number of hydrogen-bond acceptors (Lipinski definition) is 2. The van der Waals surface area contributed by atoms with E-state index in [1.807, 2.05) is 12.1 Å². The second-order valence-corrected chi connectivity index (χ2v) is 6.57. The van der Waals surface area contributed by atoms with Gasteiger partial charge in [-0.2, -0.15) is 0 Å². The number of hydrazine groups is 1. The van der Waals surface area contributed by atoms with Gasteiger partial charge in [0.15, 0.2) is 0 Å². The summed E-state index contributed by atoms with van der Waals surface area (Å²) < 4.78 is 13.7. The van der Waals surface area contributed by atoms with Gasteiger partial charge >= 0.3 is 0 Å². The zero-order valence-electron chi connectivity index (χ0n) is 10.2. The number of hydrogen-bond donors (Lipinski definition) is 2. The Kier molecular flexibility index (Phi) is 3.43. The molecule has 1 aromatic carbocycles. The Morgan fingerprint density at radius 1 is 1.33 bits per heavy atom. The van der Waals surface area contributed by atoms with E-state index in [1.54, 1.807) is 0 Å². The fourth-order valence-corrected chi connectivity index (χ4v) is 3.80. The van der Waals surface area contributed by atoms with Crippen LogP contribution >= 0.6 is 15.9 Å². The van der Waals surface area contributed by atoms with Gasteiger partial charge in [-0.25, -0.2) is 4.39 Å². The molecule has 3 N–H and O–H groups in total. The maximum absolute atomic E-state index is 13.2.